The van der Waals surface area contributed by atoms with E-state index in [9.17, 15) is 4.79 Å². The van der Waals surface area contributed by atoms with E-state index in [4.69, 9.17) is 0 Å². The van der Waals surface area contributed by atoms with Crippen molar-refractivity contribution in [3.05, 3.63) is 17.0 Å². The maximum absolute atomic E-state index is 10.9. The highest BCUT2D eigenvalue weighted by atomic mass is 32.2. The lowest BCUT2D eigenvalue weighted by molar-refractivity contribution is -0.116. The molecule has 1 N–H and O–H groups in total. The molecule has 0 aliphatic carbocycles. The van der Waals surface area contributed by atoms with E-state index in [1.54, 1.807) is 10.9 Å². The number of nitrogens with one attached hydrogen (secondary N) is 1. The SMILES string of the molecule is Cc1nn(C)c(C)c1C=N/N=C1\NC(=O)CS1. The van der Waals surface area contributed by atoms with Crippen LogP contribution in [0.4, 0.5) is 0 Å². The molecule has 0 unspecified atom stereocenters. The lowest BCUT2D eigenvalue weighted by Gasteiger charge is -1.93. The van der Waals surface area contributed by atoms with E-state index in [2.05, 4.69) is 20.6 Å². The van der Waals surface area contributed by atoms with Crippen molar-refractivity contribution in [3.63, 3.8) is 0 Å². The van der Waals surface area contributed by atoms with Gasteiger partial charge < -0.3 is 5.32 Å². The Morgan fingerprint density at radius 1 is 1.53 bits per heavy atom. The molecule has 6 nitrogen and oxygen atoms in total. The van der Waals surface area contributed by atoms with Gasteiger partial charge in [0.15, 0.2) is 5.17 Å². The summed E-state index contributed by atoms with van der Waals surface area (Å²) in [7, 11) is 1.89. The van der Waals surface area contributed by atoms with Crippen molar-refractivity contribution in [2.24, 2.45) is 17.3 Å². The van der Waals surface area contributed by atoms with Gasteiger partial charge in [-0.2, -0.15) is 10.2 Å². The molecule has 1 aromatic rings. The Kier molecular flexibility index (Phi) is 3.28. The van der Waals surface area contributed by atoms with Crippen molar-refractivity contribution in [2.45, 2.75) is 13.8 Å². The molecule has 0 radical (unpaired) electrons. The van der Waals surface area contributed by atoms with Crippen LogP contribution < -0.4 is 5.32 Å². The van der Waals surface area contributed by atoms with Crippen LogP contribution >= 0.6 is 11.8 Å². The molecule has 0 spiro atoms. The van der Waals surface area contributed by atoms with Crippen LogP contribution in [0.3, 0.4) is 0 Å². The van der Waals surface area contributed by atoms with E-state index in [0.717, 1.165) is 17.0 Å². The summed E-state index contributed by atoms with van der Waals surface area (Å²) < 4.78 is 1.80. The van der Waals surface area contributed by atoms with Crippen molar-refractivity contribution < 1.29 is 4.79 Å². The molecule has 0 bridgehead atoms. The first-order chi connectivity index (χ1) is 8.08. The third kappa shape index (κ3) is 2.55. The van der Waals surface area contributed by atoms with Gasteiger partial charge in [-0.3, -0.25) is 9.48 Å². The third-order valence-electron chi connectivity index (χ3n) is 2.49. The zero-order valence-corrected chi connectivity index (χ0v) is 10.7. The standard InChI is InChI=1S/C10H13N5OS/c1-6-8(7(2)15(3)14-6)4-11-13-10-12-9(16)5-17-10/h4H,5H2,1-3H3,(H,12,13,16). The molecule has 1 fully saturated rings. The second-order valence-corrected chi connectivity index (χ2v) is 4.66. The fourth-order valence-corrected chi connectivity index (χ4v) is 2.13. The molecule has 7 heteroatoms. The number of aryl methyl sites for hydroxylation is 2. The zero-order valence-electron chi connectivity index (χ0n) is 9.89. The van der Waals surface area contributed by atoms with Crippen molar-refractivity contribution in [3.8, 4) is 0 Å². The summed E-state index contributed by atoms with van der Waals surface area (Å²) in [5.41, 5.74) is 2.91. The molecular weight excluding hydrogens is 238 g/mol. The maximum Gasteiger partial charge on any atom is 0.236 e. The van der Waals surface area contributed by atoms with Gasteiger partial charge in [-0.05, 0) is 13.8 Å². The number of carbonyl (C=O) groups is 1. The molecule has 2 heterocycles. The van der Waals surface area contributed by atoms with E-state index in [1.807, 2.05) is 20.9 Å². The maximum atomic E-state index is 10.9. The Bertz CT molecular complexity index is 517. The fourth-order valence-electron chi connectivity index (χ4n) is 1.50. The van der Waals surface area contributed by atoms with Gasteiger partial charge in [-0.15, -0.1) is 5.10 Å². The smallest absolute Gasteiger partial charge is 0.236 e. The third-order valence-corrected chi connectivity index (χ3v) is 3.35. The summed E-state index contributed by atoms with van der Waals surface area (Å²) in [6.07, 6.45) is 1.66. The number of carbonyl (C=O) groups excluding carboxylic acids is 1. The van der Waals surface area contributed by atoms with Gasteiger partial charge >= 0.3 is 0 Å². The van der Waals surface area contributed by atoms with Crippen molar-refractivity contribution in [1.82, 2.24) is 15.1 Å². The minimum Gasteiger partial charge on any atom is -0.303 e. The van der Waals surface area contributed by atoms with E-state index in [0.29, 0.717) is 10.9 Å². The van der Waals surface area contributed by atoms with Crippen LogP contribution in [0.2, 0.25) is 0 Å². The molecule has 2 rings (SSSR count). The van der Waals surface area contributed by atoms with Gasteiger partial charge in [-0.1, -0.05) is 11.8 Å². The van der Waals surface area contributed by atoms with E-state index >= 15 is 0 Å². The van der Waals surface area contributed by atoms with Crippen LogP contribution in [0.15, 0.2) is 10.2 Å². The van der Waals surface area contributed by atoms with Gasteiger partial charge in [0, 0.05) is 18.3 Å². The first kappa shape index (κ1) is 11.8. The van der Waals surface area contributed by atoms with Gasteiger partial charge in [0.25, 0.3) is 0 Å². The van der Waals surface area contributed by atoms with Crippen LogP contribution in [0.1, 0.15) is 17.0 Å². The second kappa shape index (κ2) is 4.70. The number of amidine groups is 1. The highest BCUT2D eigenvalue weighted by molar-refractivity contribution is 8.15. The van der Waals surface area contributed by atoms with Crippen molar-refractivity contribution >= 4 is 29.1 Å². The van der Waals surface area contributed by atoms with Crippen molar-refractivity contribution in [1.29, 1.82) is 0 Å². The minimum atomic E-state index is -0.0299. The van der Waals surface area contributed by atoms with Gasteiger partial charge in [0.05, 0.1) is 17.7 Å². The molecule has 1 amide bonds. The molecule has 0 aromatic carbocycles. The van der Waals surface area contributed by atoms with Crippen LogP contribution in [-0.4, -0.2) is 32.8 Å². The number of amides is 1. The summed E-state index contributed by atoms with van der Waals surface area (Å²) in [5.74, 6) is 0.386. The Morgan fingerprint density at radius 3 is 2.82 bits per heavy atom. The Labute approximate surface area is 103 Å². The molecule has 17 heavy (non-hydrogen) atoms. The Hall–Kier alpha value is -1.63. The Balaban J connectivity index is 2.13. The van der Waals surface area contributed by atoms with Gasteiger partial charge in [0.2, 0.25) is 5.91 Å². The largest absolute Gasteiger partial charge is 0.303 e. The number of rotatable bonds is 2. The predicted molar refractivity (Wildman–Crippen MR) is 68.3 cm³/mol. The molecule has 90 valence electrons. The molecule has 1 aliphatic heterocycles. The van der Waals surface area contributed by atoms with E-state index in [1.165, 1.54) is 11.8 Å². The molecular formula is C10H13N5OS. The summed E-state index contributed by atoms with van der Waals surface area (Å²) in [6, 6.07) is 0. The average Bonchev–Trinajstić information content (AvgIpc) is 2.78. The number of thioether (sulfide) groups is 1. The van der Waals surface area contributed by atoms with E-state index in [-0.39, 0.29) is 5.91 Å². The first-order valence-electron chi connectivity index (χ1n) is 5.12. The topological polar surface area (TPSA) is 71.6 Å². The monoisotopic (exact) mass is 251 g/mol. The molecule has 1 aromatic heterocycles. The van der Waals surface area contributed by atoms with E-state index < -0.39 is 0 Å². The quantitative estimate of drug-likeness (QED) is 0.617. The molecule has 0 saturated carbocycles. The minimum absolute atomic E-state index is 0.0299. The Morgan fingerprint density at radius 2 is 2.29 bits per heavy atom. The summed E-state index contributed by atoms with van der Waals surface area (Å²) >= 11 is 1.35. The summed E-state index contributed by atoms with van der Waals surface area (Å²) in [4.78, 5) is 10.9. The highest BCUT2D eigenvalue weighted by Crippen LogP contribution is 2.10. The first-order valence-corrected chi connectivity index (χ1v) is 6.10. The van der Waals surface area contributed by atoms with Crippen LogP contribution in [-0.2, 0) is 11.8 Å². The number of hydrogen-bond acceptors (Lipinski definition) is 5. The summed E-state index contributed by atoms with van der Waals surface area (Å²) in [5, 5.41) is 15.3. The number of hydrogen-bond donors (Lipinski definition) is 1. The van der Waals surface area contributed by atoms with Crippen molar-refractivity contribution in [2.75, 3.05) is 5.75 Å². The predicted octanol–water partition coefficient (Wildman–Crippen LogP) is 0.590. The number of aromatic nitrogens is 2. The lowest BCUT2D eigenvalue weighted by atomic mass is 10.2. The van der Waals surface area contributed by atoms with Crippen LogP contribution in [0.5, 0.6) is 0 Å². The zero-order chi connectivity index (χ0) is 12.4. The molecule has 0 atom stereocenters. The van der Waals surface area contributed by atoms with Crippen LogP contribution in [0, 0.1) is 13.8 Å². The second-order valence-electron chi connectivity index (χ2n) is 3.69. The van der Waals surface area contributed by atoms with Gasteiger partial charge in [-0.25, -0.2) is 0 Å². The fraction of sp³-hybridized carbons (Fsp3) is 0.400. The van der Waals surface area contributed by atoms with Gasteiger partial charge in [0.1, 0.15) is 0 Å². The normalized spacial score (nSPS) is 18.3. The number of nitrogens with zero attached hydrogens (tertiary/aromatic N) is 4. The van der Waals surface area contributed by atoms with Crippen LogP contribution in [0.25, 0.3) is 0 Å². The lowest BCUT2D eigenvalue weighted by Crippen LogP contribution is -2.19. The summed E-state index contributed by atoms with van der Waals surface area (Å²) in [6.45, 7) is 3.90. The molecule has 1 saturated heterocycles. The highest BCUT2D eigenvalue weighted by Gasteiger charge is 2.16. The average molecular weight is 251 g/mol. The molecule has 1 aliphatic rings.